The van der Waals surface area contributed by atoms with Crippen molar-refractivity contribution in [2.75, 3.05) is 7.05 Å². The van der Waals surface area contributed by atoms with Gasteiger partial charge in [0.1, 0.15) is 11.7 Å². The summed E-state index contributed by atoms with van der Waals surface area (Å²) >= 11 is 0. The third-order valence-electron chi connectivity index (χ3n) is 8.80. The summed E-state index contributed by atoms with van der Waals surface area (Å²) in [5.74, 6) is 1.86. The molecular formula is C25H34N4O4. The summed E-state index contributed by atoms with van der Waals surface area (Å²) in [5, 5.41) is 3.19. The van der Waals surface area contributed by atoms with Crippen molar-refractivity contribution in [3.8, 4) is 5.88 Å². The summed E-state index contributed by atoms with van der Waals surface area (Å²) in [6.07, 6.45) is 11.6. The van der Waals surface area contributed by atoms with Crippen molar-refractivity contribution in [3.05, 3.63) is 23.9 Å². The summed E-state index contributed by atoms with van der Waals surface area (Å²) in [4.78, 5) is 42.3. The molecule has 33 heavy (non-hydrogen) atoms. The first kappa shape index (κ1) is 22.3. The number of hydrogen-bond donors (Lipinski definition) is 2. The molecule has 0 radical (unpaired) electrons. The number of ether oxygens (including phenoxy) is 1. The lowest BCUT2D eigenvalue weighted by Gasteiger charge is -2.58. The maximum atomic E-state index is 13.2. The maximum absolute atomic E-state index is 13.2. The molecule has 4 unspecified atom stereocenters. The number of nitrogens with two attached hydrogens (primary N) is 1. The molecule has 1 heterocycles. The smallest absolute Gasteiger partial charge is 0.254 e. The number of pyridine rings is 1. The van der Waals surface area contributed by atoms with E-state index in [1.54, 1.807) is 18.3 Å². The van der Waals surface area contributed by atoms with Gasteiger partial charge in [0, 0.05) is 12.2 Å². The molecule has 2 bridgehead atoms. The van der Waals surface area contributed by atoms with Gasteiger partial charge >= 0.3 is 0 Å². The molecule has 4 aliphatic rings. The molecule has 4 aliphatic carbocycles. The van der Waals surface area contributed by atoms with E-state index in [4.69, 9.17) is 10.5 Å². The van der Waals surface area contributed by atoms with Crippen LogP contribution in [-0.2, 0) is 9.59 Å². The summed E-state index contributed by atoms with van der Waals surface area (Å²) in [6, 6.07) is 2.95. The molecule has 178 valence electrons. The van der Waals surface area contributed by atoms with Crippen LogP contribution in [0.4, 0.5) is 0 Å². The van der Waals surface area contributed by atoms with E-state index in [0.29, 0.717) is 5.92 Å². The van der Waals surface area contributed by atoms with Gasteiger partial charge in [-0.05, 0) is 93.7 Å². The van der Waals surface area contributed by atoms with Crippen LogP contribution in [0, 0.1) is 23.2 Å². The Balaban J connectivity index is 1.13. The summed E-state index contributed by atoms with van der Waals surface area (Å²) in [5.41, 5.74) is 5.80. The van der Waals surface area contributed by atoms with Gasteiger partial charge in [0.15, 0.2) is 0 Å². The topological polar surface area (TPSA) is 115 Å². The molecule has 0 saturated heterocycles. The number of carbonyl (C=O) groups is 3. The Bertz CT molecular complexity index is 923. The van der Waals surface area contributed by atoms with Gasteiger partial charge in [-0.3, -0.25) is 19.3 Å². The fourth-order valence-corrected chi connectivity index (χ4v) is 7.10. The number of nitrogens with one attached hydrogen (secondary N) is 1. The van der Waals surface area contributed by atoms with Gasteiger partial charge in [0.25, 0.3) is 5.91 Å². The Kier molecular flexibility index (Phi) is 5.89. The van der Waals surface area contributed by atoms with E-state index in [2.05, 4.69) is 10.3 Å². The summed E-state index contributed by atoms with van der Waals surface area (Å²) in [7, 11) is 1.83. The van der Waals surface area contributed by atoms with Crippen molar-refractivity contribution in [1.82, 2.24) is 15.2 Å². The van der Waals surface area contributed by atoms with E-state index in [0.717, 1.165) is 50.4 Å². The van der Waals surface area contributed by atoms with Gasteiger partial charge in [0.2, 0.25) is 18.2 Å². The lowest BCUT2D eigenvalue weighted by atomic mass is 9.52. The predicted octanol–water partition coefficient (Wildman–Crippen LogP) is 2.27. The lowest BCUT2D eigenvalue weighted by molar-refractivity contribution is -0.157. The van der Waals surface area contributed by atoms with Crippen molar-refractivity contribution in [3.63, 3.8) is 0 Å². The van der Waals surface area contributed by atoms with Crippen LogP contribution in [0.25, 0.3) is 0 Å². The van der Waals surface area contributed by atoms with Gasteiger partial charge in [0.05, 0.1) is 6.04 Å². The molecule has 0 aliphatic heterocycles. The SMILES string of the molecule is CNC(CC1CC2CCC1C2)C(=O)N(C=O)C1CC2(CC(Oc3ncccc3C(N)=O)C2)C1. The number of primary amides is 1. The Morgan fingerprint density at radius 3 is 2.70 bits per heavy atom. The second-order valence-corrected chi connectivity index (χ2v) is 10.8. The van der Waals surface area contributed by atoms with E-state index in [1.165, 1.54) is 30.6 Å². The number of amides is 3. The Hall–Kier alpha value is -2.48. The highest BCUT2D eigenvalue weighted by molar-refractivity contribution is 5.95. The van der Waals surface area contributed by atoms with E-state index in [1.807, 2.05) is 7.05 Å². The molecule has 1 spiro atoms. The standard InChI is InChI=1S/C25H34N4O4/c1-27-21(9-17-8-15-4-5-16(17)7-15)24(32)29(14-30)18-10-25(11-18)12-19(13-25)33-23-20(22(26)31)3-2-6-28-23/h2-3,6,14-19,21,27H,4-5,7-13H2,1H3,(H2,26,31). The van der Waals surface area contributed by atoms with Gasteiger partial charge in [-0.25, -0.2) is 4.98 Å². The molecule has 3 N–H and O–H groups in total. The number of carbonyl (C=O) groups excluding carboxylic acids is 3. The molecular weight excluding hydrogens is 420 g/mol. The summed E-state index contributed by atoms with van der Waals surface area (Å²) in [6.45, 7) is 0. The second kappa shape index (κ2) is 8.70. The van der Waals surface area contributed by atoms with Crippen molar-refractivity contribution in [1.29, 1.82) is 0 Å². The lowest BCUT2D eigenvalue weighted by Crippen LogP contribution is -2.61. The van der Waals surface area contributed by atoms with Gasteiger partial charge in [-0.2, -0.15) is 0 Å². The fraction of sp³-hybridized carbons (Fsp3) is 0.680. The van der Waals surface area contributed by atoms with Crippen LogP contribution in [0.1, 0.15) is 68.1 Å². The molecule has 5 rings (SSSR count). The van der Waals surface area contributed by atoms with Gasteiger partial charge in [-0.1, -0.05) is 6.42 Å². The monoisotopic (exact) mass is 454 g/mol. The van der Waals surface area contributed by atoms with Gasteiger partial charge in [-0.15, -0.1) is 0 Å². The van der Waals surface area contributed by atoms with E-state index >= 15 is 0 Å². The molecule has 8 heteroatoms. The molecule has 4 fully saturated rings. The minimum Gasteiger partial charge on any atom is -0.474 e. The quantitative estimate of drug-likeness (QED) is 0.553. The van der Waals surface area contributed by atoms with Gasteiger partial charge < -0.3 is 15.8 Å². The first-order chi connectivity index (χ1) is 15.9. The van der Waals surface area contributed by atoms with Crippen LogP contribution in [0.3, 0.4) is 0 Å². The van der Waals surface area contributed by atoms with Crippen LogP contribution in [0.5, 0.6) is 5.88 Å². The fourth-order valence-electron chi connectivity index (χ4n) is 7.10. The normalized spacial score (nSPS) is 34.9. The number of rotatable bonds is 9. The zero-order chi connectivity index (χ0) is 23.2. The number of nitrogens with zero attached hydrogens (tertiary/aromatic N) is 2. The Labute approximate surface area is 194 Å². The van der Waals surface area contributed by atoms with E-state index in [9.17, 15) is 14.4 Å². The first-order valence-corrected chi connectivity index (χ1v) is 12.3. The molecule has 1 aromatic heterocycles. The average Bonchev–Trinajstić information content (AvgIpc) is 3.38. The zero-order valence-electron chi connectivity index (χ0n) is 19.2. The number of fused-ring (bicyclic) bond motifs is 2. The first-order valence-electron chi connectivity index (χ1n) is 12.3. The van der Waals surface area contributed by atoms with Crippen molar-refractivity contribution >= 4 is 18.2 Å². The van der Waals surface area contributed by atoms with Crippen molar-refractivity contribution in [2.24, 2.45) is 28.9 Å². The number of hydrogen-bond acceptors (Lipinski definition) is 6. The Morgan fingerprint density at radius 2 is 2.09 bits per heavy atom. The molecule has 1 aromatic rings. The van der Waals surface area contributed by atoms with Crippen molar-refractivity contribution < 1.29 is 19.1 Å². The Morgan fingerprint density at radius 1 is 1.30 bits per heavy atom. The molecule has 0 aromatic carbocycles. The zero-order valence-corrected chi connectivity index (χ0v) is 19.2. The van der Waals surface area contributed by atoms with Crippen LogP contribution in [0.15, 0.2) is 18.3 Å². The highest BCUT2D eigenvalue weighted by Crippen LogP contribution is 2.58. The molecule has 3 amide bonds. The molecule has 8 nitrogen and oxygen atoms in total. The largest absolute Gasteiger partial charge is 0.474 e. The van der Waals surface area contributed by atoms with Crippen LogP contribution in [0.2, 0.25) is 0 Å². The predicted molar refractivity (Wildman–Crippen MR) is 121 cm³/mol. The highest BCUT2D eigenvalue weighted by Gasteiger charge is 2.56. The highest BCUT2D eigenvalue weighted by atomic mass is 16.5. The average molecular weight is 455 g/mol. The van der Waals surface area contributed by atoms with Crippen LogP contribution in [-0.4, -0.2) is 53.3 Å². The minimum absolute atomic E-state index is 0.0258. The number of likely N-dealkylation sites (N-methyl/N-ethyl adjacent to an activating group) is 1. The van der Waals surface area contributed by atoms with E-state index < -0.39 is 5.91 Å². The molecule has 4 atom stereocenters. The van der Waals surface area contributed by atoms with E-state index in [-0.39, 0.29) is 41.0 Å². The maximum Gasteiger partial charge on any atom is 0.254 e. The third kappa shape index (κ3) is 4.14. The third-order valence-corrected chi connectivity index (χ3v) is 8.80. The van der Waals surface area contributed by atoms with Crippen LogP contribution < -0.4 is 15.8 Å². The number of imide groups is 1. The van der Waals surface area contributed by atoms with Crippen molar-refractivity contribution in [2.45, 2.75) is 76.0 Å². The molecule has 4 saturated carbocycles. The second-order valence-electron chi connectivity index (χ2n) is 10.8. The minimum atomic E-state index is -0.555. The van der Waals surface area contributed by atoms with Crippen LogP contribution >= 0.6 is 0 Å². The number of aromatic nitrogens is 1. The summed E-state index contributed by atoms with van der Waals surface area (Å²) < 4.78 is 5.93.